The maximum atomic E-state index is 12.8. The zero-order chi connectivity index (χ0) is 9.26. The SMILES string of the molecule is Cc1ccc(-c2cccc(F)c2)[nH]1. The fourth-order valence-corrected chi connectivity index (χ4v) is 1.33. The second-order valence-corrected chi connectivity index (χ2v) is 3.07. The monoisotopic (exact) mass is 175 g/mol. The summed E-state index contributed by atoms with van der Waals surface area (Å²) in [5.41, 5.74) is 2.92. The van der Waals surface area contributed by atoms with E-state index in [9.17, 15) is 4.39 Å². The summed E-state index contributed by atoms with van der Waals surface area (Å²) in [5, 5.41) is 0. The summed E-state index contributed by atoms with van der Waals surface area (Å²) in [4.78, 5) is 3.15. The van der Waals surface area contributed by atoms with Gasteiger partial charge in [0, 0.05) is 17.0 Å². The smallest absolute Gasteiger partial charge is 0.123 e. The Balaban J connectivity index is 2.46. The van der Waals surface area contributed by atoms with Crippen LogP contribution in [0.5, 0.6) is 0 Å². The average Bonchev–Trinajstić information content (AvgIpc) is 2.52. The molecule has 0 aliphatic carbocycles. The van der Waals surface area contributed by atoms with Crippen LogP contribution in [0.3, 0.4) is 0 Å². The first-order valence-corrected chi connectivity index (χ1v) is 4.17. The van der Waals surface area contributed by atoms with E-state index in [0.29, 0.717) is 0 Å². The van der Waals surface area contributed by atoms with E-state index in [0.717, 1.165) is 17.0 Å². The maximum Gasteiger partial charge on any atom is 0.123 e. The first kappa shape index (κ1) is 8.05. The largest absolute Gasteiger partial charge is 0.359 e. The molecule has 0 saturated heterocycles. The summed E-state index contributed by atoms with van der Waals surface area (Å²) in [6.45, 7) is 1.97. The number of aryl methyl sites for hydroxylation is 1. The van der Waals surface area contributed by atoms with Gasteiger partial charge < -0.3 is 4.98 Å². The summed E-state index contributed by atoms with van der Waals surface area (Å²) < 4.78 is 12.8. The molecular weight excluding hydrogens is 165 g/mol. The van der Waals surface area contributed by atoms with Gasteiger partial charge in [0.1, 0.15) is 5.82 Å². The van der Waals surface area contributed by atoms with Crippen LogP contribution in [0.25, 0.3) is 11.3 Å². The minimum absolute atomic E-state index is 0.204. The molecule has 0 amide bonds. The molecule has 0 spiro atoms. The molecule has 66 valence electrons. The average molecular weight is 175 g/mol. The third-order valence-electron chi connectivity index (χ3n) is 1.97. The highest BCUT2D eigenvalue weighted by Crippen LogP contribution is 2.18. The lowest BCUT2D eigenvalue weighted by atomic mass is 10.1. The van der Waals surface area contributed by atoms with Crippen molar-refractivity contribution in [1.29, 1.82) is 0 Å². The van der Waals surface area contributed by atoms with Crippen LogP contribution in [-0.2, 0) is 0 Å². The van der Waals surface area contributed by atoms with Crippen LogP contribution in [0.4, 0.5) is 4.39 Å². The molecule has 0 atom stereocenters. The quantitative estimate of drug-likeness (QED) is 0.685. The van der Waals surface area contributed by atoms with E-state index >= 15 is 0 Å². The van der Waals surface area contributed by atoms with Crippen molar-refractivity contribution >= 4 is 0 Å². The second kappa shape index (κ2) is 3.05. The van der Waals surface area contributed by atoms with Crippen molar-refractivity contribution in [2.75, 3.05) is 0 Å². The van der Waals surface area contributed by atoms with E-state index in [1.807, 2.05) is 25.1 Å². The van der Waals surface area contributed by atoms with Gasteiger partial charge >= 0.3 is 0 Å². The zero-order valence-corrected chi connectivity index (χ0v) is 7.34. The van der Waals surface area contributed by atoms with Gasteiger partial charge in [-0.05, 0) is 31.2 Å². The van der Waals surface area contributed by atoms with Gasteiger partial charge in [-0.3, -0.25) is 0 Å². The molecule has 2 heteroatoms. The van der Waals surface area contributed by atoms with Gasteiger partial charge in [0.2, 0.25) is 0 Å². The van der Waals surface area contributed by atoms with E-state index in [1.54, 1.807) is 6.07 Å². The Morgan fingerprint density at radius 1 is 1.15 bits per heavy atom. The van der Waals surface area contributed by atoms with Crippen molar-refractivity contribution in [3.8, 4) is 11.3 Å². The predicted molar refractivity (Wildman–Crippen MR) is 50.9 cm³/mol. The molecule has 1 nitrogen and oxygen atoms in total. The molecule has 2 rings (SSSR count). The number of aromatic amines is 1. The van der Waals surface area contributed by atoms with E-state index < -0.39 is 0 Å². The highest BCUT2D eigenvalue weighted by atomic mass is 19.1. The van der Waals surface area contributed by atoms with E-state index in [4.69, 9.17) is 0 Å². The molecule has 1 N–H and O–H groups in total. The van der Waals surface area contributed by atoms with Gasteiger partial charge in [-0.15, -0.1) is 0 Å². The Kier molecular flexibility index (Phi) is 1.89. The van der Waals surface area contributed by atoms with Gasteiger partial charge in [-0.1, -0.05) is 12.1 Å². The lowest BCUT2D eigenvalue weighted by molar-refractivity contribution is 0.628. The summed E-state index contributed by atoms with van der Waals surface area (Å²) in [6, 6.07) is 10.5. The van der Waals surface area contributed by atoms with E-state index in [-0.39, 0.29) is 5.82 Å². The van der Waals surface area contributed by atoms with Gasteiger partial charge in [-0.2, -0.15) is 0 Å². The molecule has 2 aromatic rings. The van der Waals surface area contributed by atoms with Crippen molar-refractivity contribution in [2.45, 2.75) is 6.92 Å². The molecule has 0 unspecified atom stereocenters. The lowest BCUT2D eigenvalue weighted by Gasteiger charge is -1.97. The molecule has 13 heavy (non-hydrogen) atoms. The molecule has 0 aliphatic heterocycles. The summed E-state index contributed by atoms with van der Waals surface area (Å²) >= 11 is 0. The minimum atomic E-state index is -0.204. The fourth-order valence-electron chi connectivity index (χ4n) is 1.33. The number of hydrogen-bond donors (Lipinski definition) is 1. The number of nitrogens with one attached hydrogen (secondary N) is 1. The van der Waals surface area contributed by atoms with Crippen LogP contribution in [0, 0.1) is 12.7 Å². The van der Waals surface area contributed by atoms with Gasteiger partial charge in [0.05, 0.1) is 0 Å². The first-order chi connectivity index (χ1) is 6.25. The van der Waals surface area contributed by atoms with Crippen molar-refractivity contribution < 1.29 is 4.39 Å². The Hall–Kier alpha value is -1.57. The van der Waals surface area contributed by atoms with E-state index in [2.05, 4.69) is 4.98 Å². The summed E-state index contributed by atoms with van der Waals surface area (Å²) in [7, 11) is 0. The predicted octanol–water partition coefficient (Wildman–Crippen LogP) is 3.13. The minimum Gasteiger partial charge on any atom is -0.359 e. The Bertz CT molecular complexity index is 418. The van der Waals surface area contributed by atoms with Crippen LogP contribution in [0.2, 0.25) is 0 Å². The highest BCUT2D eigenvalue weighted by molar-refractivity contribution is 5.59. The van der Waals surface area contributed by atoms with Crippen molar-refractivity contribution in [2.24, 2.45) is 0 Å². The van der Waals surface area contributed by atoms with Crippen molar-refractivity contribution in [3.05, 3.63) is 47.9 Å². The van der Waals surface area contributed by atoms with Crippen LogP contribution < -0.4 is 0 Å². The van der Waals surface area contributed by atoms with Gasteiger partial charge in [0.15, 0.2) is 0 Å². The van der Waals surface area contributed by atoms with Crippen LogP contribution >= 0.6 is 0 Å². The number of aromatic nitrogens is 1. The number of rotatable bonds is 1. The third-order valence-corrected chi connectivity index (χ3v) is 1.97. The number of halogens is 1. The fraction of sp³-hybridized carbons (Fsp3) is 0.0909. The normalized spacial score (nSPS) is 10.3. The molecule has 1 aromatic carbocycles. The number of benzene rings is 1. The van der Waals surface area contributed by atoms with Crippen LogP contribution in [-0.4, -0.2) is 4.98 Å². The second-order valence-electron chi connectivity index (χ2n) is 3.07. The zero-order valence-electron chi connectivity index (χ0n) is 7.34. The number of hydrogen-bond acceptors (Lipinski definition) is 0. The Morgan fingerprint density at radius 2 is 2.00 bits per heavy atom. The Labute approximate surface area is 76.2 Å². The van der Waals surface area contributed by atoms with Gasteiger partial charge in [0.25, 0.3) is 0 Å². The molecule has 0 fully saturated rings. The summed E-state index contributed by atoms with van der Waals surface area (Å²) in [6.07, 6.45) is 0. The van der Waals surface area contributed by atoms with E-state index in [1.165, 1.54) is 12.1 Å². The van der Waals surface area contributed by atoms with Crippen molar-refractivity contribution in [3.63, 3.8) is 0 Å². The van der Waals surface area contributed by atoms with Crippen LogP contribution in [0.1, 0.15) is 5.69 Å². The van der Waals surface area contributed by atoms with Crippen molar-refractivity contribution in [1.82, 2.24) is 4.98 Å². The molecule has 0 bridgehead atoms. The topological polar surface area (TPSA) is 15.8 Å². The van der Waals surface area contributed by atoms with Gasteiger partial charge in [-0.25, -0.2) is 4.39 Å². The lowest BCUT2D eigenvalue weighted by Crippen LogP contribution is -1.79. The number of H-pyrrole nitrogens is 1. The standard InChI is InChI=1S/C11H10FN/c1-8-5-6-11(13-8)9-3-2-4-10(12)7-9/h2-7,13H,1H3. The third kappa shape index (κ3) is 1.61. The molecule has 0 saturated carbocycles. The molecule has 1 heterocycles. The maximum absolute atomic E-state index is 12.8. The molecular formula is C11H10FN. The van der Waals surface area contributed by atoms with Crippen LogP contribution in [0.15, 0.2) is 36.4 Å². The first-order valence-electron chi connectivity index (χ1n) is 4.17. The Morgan fingerprint density at radius 3 is 2.62 bits per heavy atom. The summed E-state index contributed by atoms with van der Waals surface area (Å²) in [5.74, 6) is -0.204. The molecule has 1 aromatic heterocycles. The molecule has 0 radical (unpaired) electrons. The highest BCUT2D eigenvalue weighted by Gasteiger charge is 1.99. The molecule has 0 aliphatic rings.